The first-order valence-electron chi connectivity index (χ1n) is 7.74. The molecule has 2 nitrogen and oxygen atoms in total. The lowest BCUT2D eigenvalue weighted by molar-refractivity contribution is 0.103. The molecule has 0 aliphatic carbocycles. The zero-order valence-corrected chi connectivity index (χ0v) is 14.7. The van der Waals surface area contributed by atoms with Crippen LogP contribution in [0.25, 0.3) is 10.1 Å². The molecular formula is C19H18ClNOS. The van der Waals surface area contributed by atoms with Gasteiger partial charge in [0.15, 0.2) is 0 Å². The first kappa shape index (κ1) is 16.0. The lowest BCUT2D eigenvalue weighted by atomic mass is 10.0. The molecule has 118 valence electrons. The van der Waals surface area contributed by atoms with E-state index in [2.05, 4.69) is 31.3 Å². The number of nitrogens with one attached hydrogen (secondary N) is 1. The van der Waals surface area contributed by atoms with E-state index in [0.29, 0.717) is 9.90 Å². The summed E-state index contributed by atoms with van der Waals surface area (Å²) in [6.45, 7) is 4.19. The van der Waals surface area contributed by atoms with E-state index in [0.717, 1.165) is 39.7 Å². The van der Waals surface area contributed by atoms with E-state index in [1.54, 1.807) is 0 Å². The topological polar surface area (TPSA) is 29.1 Å². The molecule has 0 spiro atoms. The van der Waals surface area contributed by atoms with E-state index in [9.17, 15) is 4.79 Å². The van der Waals surface area contributed by atoms with E-state index in [4.69, 9.17) is 11.6 Å². The van der Waals surface area contributed by atoms with Crippen LogP contribution in [0.4, 0.5) is 5.69 Å². The van der Waals surface area contributed by atoms with Gasteiger partial charge in [0.05, 0.1) is 5.02 Å². The van der Waals surface area contributed by atoms with E-state index < -0.39 is 0 Å². The molecule has 0 saturated heterocycles. The molecule has 1 aromatic heterocycles. The molecule has 0 saturated carbocycles. The zero-order chi connectivity index (χ0) is 16.4. The number of carbonyl (C=O) groups is 1. The van der Waals surface area contributed by atoms with Crippen LogP contribution in [-0.2, 0) is 12.8 Å². The first-order valence-corrected chi connectivity index (χ1v) is 8.94. The fourth-order valence-electron chi connectivity index (χ4n) is 2.73. The van der Waals surface area contributed by atoms with Gasteiger partial charge in [-0.25, -0.2) is 0 Å². The van der Waals surface area contributed by atoms with E-state index in [-0.39, 0.29) is 5.91 Å². The van der Waals surface area contributed by atoms with Crippen LogP contribution in [0.2, 0.25) is 5.02 Å². The first-order chi connectivity index (χ1) is 11.2. The van der Waals surface area contributed by atoms with E-state index in [1.807, 2.05) is 30.3 Å². The normalized spacial score (nSPS) is 10.9. The van der Waals surface area contributed by atoms with Gasteiger partial charge in [0.1, 0.15) is 4.88 Å². The van der Waals surface area contributed by atoms with Gasteiger partial charge in [0, 0.05) is 15.8 Å². The lowest BCUT2D eigenvalue weighted by Gasteiger charge is -2.14. The van der Waals surface area contributed by atoms with Crippen molar-refractivity contribution in [3.05, 3.63) is 63.5 Å². The second kappa shape index (κ2) is 6.73. The maximum atomic E-state index is 12.8. The fourth-order valence-corrected chi connectivity index (χ4v) is 4.15. The third-order valence-corrected chi connectivity index (χ3v) is 5.65. The summed E-state index contributed by atoms with van der Waals surface area (Å²) in [7, 11) is 0. The second-order valence-electron chi connectivity index (χ2n) is 5.35. The van der Waals surface area contributed by atoms with E-state index >= 15 is 0 Å². The minimum atomic E-state index is -0.133. The number of hydrogen-bond acceptors (Lipinski definition) is 2. The van der Waals surface area contributed by atoms with Crippen molar-refractivity contribution in [2.45, 2.75) is 26.7 Å². The van der Waals surface area contributed by atoms with Gasteiger partial charge in [0.25, 0.3) is 5.91 Å². The second-order valence-corrected chi connectivity index (χ2v) is 6.78. The Morgan fingerprint density at radius 2 is 1.70 bits per heavy atom. The Hall–Kier alpha value is -1.84. The smallest absolute Gasteiger partial charge is 0.267 e. The van der Waals surface area contributed by atoms with Crippen molar-refractivity contribution < 1.29 is 4.79 Å². The maximum Gasteiger partial charge on any atom is 0.267 e. The standard InChI is InChI=1S/C19H18ClNOS/c1-3-12-8-7-9-13(4-2)17(12)21-19(22)18-16(20)14-10-5-6-11-15(14)23-18/h5-11H,3-4H2,1-2H3,(H,21,22). The quantitative estimate of drug-likeness (QED) is 0.624. The van der Waals surface area contributed by atoms with Crippen LogP contribution in [0.5, 0.6) is 0 Å². The number of para-hydroxylation sites is 1. The number of fused-ring (bicyclic) bond motifs is 1. The number of benzene rings is 2. The number of hydrogen-bond donors (Lipinski definition) is 1. The molecule has 1 N–H and O–H groups in total. The number of amides is 1. The summed E-state index contributed by atoms with van der Waals surface area (Å²) >= 11 is 7.85. The van der Waals surface area contributed by atoms with Gasteiger partial charge >= 0.3 is 0 Å². The summed E-state index contributed by atoms with van der Waals surface area (Å²) < 4.78 is 1.03. The Labute approximate surface area is 145 Å². The van der Waals surface area contributed by atoms with Gasteiger partial charge in [-0.05, 0) is 30.0 Å². The minimum Gasteiger partial charge on any atom is -0.321 e. The molecule has 4 heteroatoms. The largest absolute Gasteiger partial charge is 0.321 e. The van der Waals surface area contributed by atoms with Crippen molar-refractivity contribution in [3.8, 4) is 0 Å². The monoisotopic (exact) mass is 343 g/mol. The van der Waals surface area contributed by atoms with Gasteiger partial charge in [-0.1, -0.05) is 61.8 Å². The van der Waals surface area contributed by atoms with Crippen LogP contribution in [-0.4, -0.2) is 5.91 Å². The highest BCUT2D eigenvalue weighted by Crippen LogP contribution is 2.36. The highest BCUT2D eigenvalue weighted by Gasteiger charge is 2.18. The van der Waals surface area contributed by atoms with Gasteiger partial charge in [-0.2, -0.15) is 0 Å². The molecule has 0 radical (unpaired) electrons. The molecule has 1 heterocycles. The van der Waals surface area contributed by atoms with Crippen LogP contribution in [0.1, 0.15) is 34.6 Å². The number of rotatable bonds is 4. The number of halogens is 1. The van der Waals surface area contributed by atoms with Crippen molar-refractivity contribution in [2.24, 2.45) is 0 Å². The summed E-state index contributed by atoms with van der Waals surface area (Å²) in [6.07, 6.45) is 1.76. The average molecular weight is 344 g/mol. The molecule has 0 atom stereocenters. The lowest BCUT2D eigenvalue weighted by Crippen LogP contribution is -2.14. The Bertz CT molecular complexity index is 847. The third kappa shape index (κ3) is 2.99. The number of carbonyl (C=O) groups excluding carboxylic acids is 1. The highest BCUT2D eigenvalue weighted by atomic mass is 35.5. The Morgan fingerprint density at radius 1 is 1.04 bits per heavy atom. The van der Waals surface area contributed by atoms with E-state index in [1.165, 1.54) is 11.3 Å². The summed E-state index contributed by atoms with van der Waals surface area (Å²) in [5.41, 5.74) is 3.22. The molecule has 3 rings (SSSR count). The Balaban J connectivity index is 2.00. The van der Waals surface area contributed by atoms with Crippen LogP contribution in [0.3, 0.4) is 0 Å². The van der Waals surface area contributed by atoms with Gasteiger partial charge in [0.2, 0.25) is 0 Å². The zero-order valence-electron chi connectivity index (χ0n) is 13.2. The Kier molecular flexibility index (Phi) is 4.69. The maximum absolute atomic E-state index is 12.8. The highest BCUT2D eigenvalue weighted by molar-refractivity contribution is 7.21. The van der Waals surface area contributed by atoms with Crippen molar-refractivity contribution >= 4 is 44.6 Å². The average Bonchev–Trinajstić information content (AvgIpc) is 2.92. The summed E-state index contributed by atoms with van der Waals surface area (Å²) in [6, 6.07) is 14.0. The fraction of sp³-hybridized carbons (Fsp3) is 0.211. The van der Waals surface area contributed by atoms with Gasteiger partial charge < -0.3 is 5.32 Å². The molecule has 0 bridgehead atoms. The van der Waals surface area contributed by atoms with Crippen molar-refractivity contribution in [1.82, 2.24) is 0 Å². The predicted molar refractivity (Wildman–Crippen MR) is 100.0 cm³/mol. The summed E-state index contributed by atoms with van der Waals surface area (Å²) in [4.78, 5) is 13.3. The Morgan fingerprint density at radius 3 is 2.30 bits per heavy atom. The van der Waals surface area contributed by atoms with Crippen molar-refractivity contribution in [2.75, 3.05) is 5.32 Å². The molecule has 0 unspecified atom stereocenters. The van der Waals surface area contributed by atoms with Crippen LogP contribution in [0.15, 0.2) is 42.5 Å². The molecule has 23 heavy (non-hydrogen) atoms. The van der Waals surface area contributed by atoms with Crippen molar-refractivity contribution in [1.29, 1.82) is 0 Å². The molecular weight excluding hydrogens is 326 g/mol. The number of aryl methyl sites for hydroxylation is 2. The number of thiophene rings is 1. The van der Waals surface area contributed by atoms with Crippen LogP contribution >= 0.6 is 22.9 Å². The molecule has 1 amide bonds. The molecule has 3 aromatic rings. The van der Waals surface area contributed by atoms with Crippen molar-refractivity contribution in [3.63, 3.8) is 0 Å². The number of anilines is 1. The van der Waals surface area contributed by atoms with Gasteiger partial charge in [-0.3, -0.25) is 4.79 Å². The minimum absolute atomic E-state index is 0.133. The molecule has 0 fully saturated rings. The molecule has 0 aliphatic heterocycles. The predicted octanol–water partition coefficient (Wildman–Crippen LogP) is 5.93. The van der Waals surface area contributed by atoms with Gasteiger partial charge in [-0.15, -0.1) is 11.3 Å². The SMILES string of the molecule is CCc1cccc(CC)c1NC(=O)c1sc2ccccc2c1Cl. The van der Waals surface area contributed by atoms with Crippen LogP contribution < -0.4 is 5.32 Å². The summed E-state index contributed by atoms with van der Waals surface area (Å²) in [5, 5.41) is 4.56. The molecule has 2 aromatic carbocycles. The molecule has 0 aliphatic rings. The third-order valence-electron chi connectivity index (χ3n) is 3.98. The van der Waals surface area contributed by atoms with Crippen LogP contribution in [0, 0.1) is 0 Å². The summed E-state index contributed by atoms with van der Waals surface area (Å²) in [5.74, 6) is -0.133.